The van der Waals surface area contributed by atoms with Crippen molar-refractivity contribution >= 4 is 0 Å². The predicted octanol–water partition coefficient (Wildman–Crippen LogP) is 4.21. The number of hydrogen-bond donors (Lipinski definition) is 0. The van der Waals surface area contributed by atoms with Crippen LogP contribution in [0.3, 0.4) is 0 Å². The van der Waals surface area contributed by atoms with Crippen molar-refractivity contribution in [3.8, 4) is 12.3 Å². The number of hydrogen-bond acceptors (Lipinski definition) is 1. The Balaban J connectivity index is 2.47. The zero-order chi connectivity index (χ0) is 11.6. The quantitative estimate of drug-likeness (QED) is 0.479. The van der Waals surface area contributed by atoms with Gasteiger partial charge < -0.3 is 4.74 Å². The van der Waals surface area contributed by atoms with Crippen molar-refractivity contribution in [2.45, 2.75) is 51.9 Å². The van der Waals surface area contributed by atoms with Gasteiger partial charge in [-0.3, -0.25) is 0 Å². The largest absolute Gasteiger partial charge is 0.498 e. The molecule has 0 saturated carbocycles. The molecule has 16 heavy (non-hydrogen) atoms. The van der Waals surface area contributed by atoms with Crippen LogP contribution in [0.5, 0.6) is 0 Å². The van der Waals surface area contributed by atoms with E-state index in [0.29, 0.717) is 0 Å². The summed E-state index contributed by atoms with van der Waals surface area (Å²) in [4.78, 5) is 0. The summed E-state index contributed by atoms with van der Waals surface area (Å²) in [6.07, 6.45) is 17.4. The molecule has 1 heteroatoms. The van der Waals surface area contributed by atoms with Gasteiger partial charge in [0.1, 0.15) is 0 Å². The standard InChI is InChI=1S/C15H22O/c1-3-5-9-13-16-15-12-8-7-11-14(15)10-6-4-2/h2,6,10H,3,5,7-9,11-13H2,1H3. The molecule has 0 radical (unpaired) electrons. The minimum Gasteiger partial charge on any atom is -0.498 e. The SMILES string of the molecule is C#CC=CC1=C(OCCCCC)CCCC1. The molecule has 0 aromatic carbocycles. The predicted molar refractivity (Wildman–Crippen MR) is 68.9 cm³/mol. The minimum atomic E-state index is 0.858. The second kappa shape index (κ2) is 8.05. The second-order valence-electron chi connectivity index (χ2n) is 4.21. The molecule has 1 rings (SSSR count). The molecule has 0 atom stereocenters. The van der Waals surface area contributed by atoms with Gasteiger partial charge in [0.15, 0.2) is 0 Å². The Hall–Kier alpha value is -1.16. The molecular formula is C15H22O. The van der Waals surface area contributed by atoms with E-state index in [1.165, 1.54) is 37.0 Å². The summed E-state index contributed by atoms with van der Waals surface area (Å²) in [7, 11) is 0. The molecule has 0 aromatic rings. The van der Waals surface area contributed by atoms with Crippen molar-refractivity contribution in [3.05, 3.63) is 23.5 Å². The third kappa shape index (κ3) is 4.57. The minimum absolute atomic E-state index is 0.858. The zero-order valence-corrected chi connectivity index (χ0v) is 10.3. The Morgan fingerprint density at radius 1 is 1.31 bits per heavy atom. The van der Waals surface area contributed by atoms with E-state index in [4.69, 9.17) is 11.2 Å². The van der Waals surface area contributed by atoms with Gasteiger partial charge in [0.2, 0.25) is 0 Å². The van der Waals surface area contributed by atoms with Crippen molar-refractivity contribution in [3.63, 3.8) is 0 Å². The maximum absolute atomic E-state index is 5.85. The summed E-state index contributed by atoms with van der Waals surface area (Å²) in [5, 5.41) is 0. The molecule has 0 amide bonds. The first-order chi connectivity index (χ1) is 7.88. The van der Waals surface area contributed by atoms with Crippen LogP contribution in [0.1, 0.15) is 51.9 Å². The van der Waals surface area contributed by atoms with Crippen molar-refractivity contribution < 1.29 is 4.74 Å². The van der Waals surface area contributed by atoms with Crippen LogP contribution in [0.4, 0.5) is 0 Å². The van der Waals surface area contributed by atoms with E-state index in [2.05, 4.69) is 12.8 Å². The fourth-order valence-electron chi connectivity index (χ4n) is 1.94. The molecule has 1 nitrogen and oxygen atoms in total. The molecule has 0 aliphatic heterocycles. The molecule has 0 spiro atoms. The number of unbranched alkanes of at least 4 members (excludes halogenated alkanes) is 2. The van der Waals surface area contributed by atoms with Gasteiger partial charge in [-0.1, -0.05) is 25.7 Å². The van der Waals surface area contributed by atoms with Gasteiger partial charge in [0, 0.05) is 6.42 Å². The average Bonchev–Trinajstić information content (AvgIpc) is 2.33. The van der Waals surface area contributed by atoms with Crippen LogP contribution >= 0.6 is 0 Å². The first kappa shape index (κ1) is 12.9. The molecule has 88 valence electrons. The molecule has 1 aliphatic rings. The third-order valence-corrected chi connectivity index (χ3v) is 2.86. The summed E-state index contributed by atoms with van der Waals surface area (Å²) in [5.74, 6) is 3.72. The first-order valence-corrected chi connectivity index (χ1v) is 6.36. The van der Waals surface area contributed by atoms with Crippen LogP contribution in [0.15, 0.2) is 23.5 Å². The zero-order valence-electron chi connectivity index (χ0n) is 10.3. The van der Waals surface area contributed by atoms with E-state index in [1.54, 1.807) is 6.08 Å². The van der Waals surface area contributed by atoms with Gasteiger partial charge in [0.25, 0.3) is 0 Å². The molecule has 0 unspecified atom stereocenters. The Morgan fingerprint density at radius 3 is 2.88 bits per heavy atom. The Bertz CT molecular complexity index is 291. The summed E-state index contributed by atoms with van der Waals surface area (Å²) in [5.41, 5.74) is 1.31. The summed E-state index contributed by atoms with van der Waals surface area (Å²) in [6, 6.07) is 0. The summed E-state index contributed by atoms with van der Waals surface area (Å²) >= 11 is 0. The molecule has 0 heterocycles. The van der Waals surface area contributed by atoms with Gasteiger partial charge in [-0.15, -0.1) is 6.42 Å². The molecule has 1 aliphatic carbocycles. The highest BCUT2D eigenvalue weighted by Gasteiger charge is 2.11. The number of terminal acetylenes is 1. The van der Waals surface area contributed by atoms with E-state index in [1.807, 2.05) is 6.08 Å². The van der Waals surface area contributed by atoms with Crippen LogP contribution in [-0.2, 0) is 4.74 Å². The highest BCUT2D eigenvalue weighted by atomic mass is 16.5. The van der Waals surface area contributed by atoms with Crippen LogP contribution < -0.4 is 0 Å². The Kier molecular flexibility index (Phi) is 6.49. The van der Waals surface area contributed by atoms with E-state index in [-0.39, 0.29) is 0 Å². The smallest absolute Gasteiger partial charge is 0.0991 e. The van der Waals surface area contributed by atoms with Gasteiger partial charge in [-0.25, -0.2) is 0 Å². The molecule has 0 aromatic heterocycles. The van der Waals surface area contributed by atoms with E-state index in [0.717, 1.165) is 25.9 Å². The molecule has 0 saturated heterocycles. The van der Waals surface area contributed by atoms with E-state index in [9.17, 15) is 0 Å². The Labute approximate surface area is 99.6 Å². The van der Waals surface area contributed by atoms with Crippen LogP contribution in [0.2, 0.25) is 0 Å². The Morgan fingerprint density at radius 2 is 2.12 bits per heavy atom. The van der Waals surface area contributed by atoms with Crippen molar-refractivity contribution in [2.75, 3.05) is 6.61 Å². The maximum Gasteiger partial charge on any atom is 0.0991 e. The molecule has 0 N–H and O–H groups in total. The van der Waals surface area contributed by atoms with Crippen molar-refractivity contribution in [1.29, 1.82) is 0 Å². The fourth-order valence-corrected chi connectivity index (χ4v) is 1.94. The average molecular weight is 218 g/mol. The normalized spacial score (nSPS) is 16.5. The lowest BCUT2D eigenvalue weighted by Crippen LogP contribution is -2.03. The number of rotatable bonds is 6. The highest BCUT2D eigenvalue weighted by molar-refractivity contribution is 5.28. The second-order valence-corrected chi connectivity index (χ2v) is 4.21. The van der Waals surface area contributed by atoms with E-state index < -0.39 is 0 Å². The van der Waals surface area contributed by atoms with Gasteiger partial charge >= 0.3 is 0 Å². The molecule has 0 bridgehead atoms. The lowest BCUT2D eigenvalue weighted by Gasteiger charge is -2.18. The topological polar surface area (TPSA) is 9.23 Å². The first-order valence-electron chi connectivity index (χ1n) is 6.36. The van der Waals surface area contributed by atoms with Gasteiger partial charge in [0.05, 0.1) is 12.4 Å². The van der Waals surface area contributed by atoms with Crippen LogP contribution in [0, 0.1) is 12.3 Å². The fraction of sp³-hybridized carbons (Fsp3) is 0.600. The highest BCUT2D eigenvalue weighted by Crippen LogP contribution is 2.26. The van der Waals surface area contributed by atoms with Gasteiger partial charge in [-0.2, -0.15) is 0 Å². The van der Waals surface area contributed by atoms with Crippen LogP contribution in [-0.4, -0.2) is 6.61 Å². The third-order valence-electron chi connectivity index (χ3n) is 2.86. The summed E-state index contributed by atoms with van der Waals surface area (Å²) in [6.45, 7) is 3.07. The lowest BCUT2D eigenvalue weighted by atomic mass is 9.97. The van der Waals surface area contributed by atoms with Gasteiger partial charge in [-0.05, 0) is 43.4 Å². The van der Waals surface area contributed by atoms with Crippen molar-refractivity contribution in [1.82, 2.24) is 0 Å². The van der Waals surface area contributed by atoms with E-state index >= 15 is 0 Å². The summed E-state index contributed by atoms with van der Waals surface area (Å²) < 4.78 is 5.85. The number of ether oxygens (including phenoxy) is 1. The maximum atomic E-state index is 5.85. The van der Waals surface area contributed by atoms with Crippen LogP contribution in [0.25, 0.3) is 0 Å². The lowest BCUT2D eigenvalue weighted by molar-refractivity contribution is 0.187. The molecular weight excluding hydrogens is 196 g/mol. The monoisotopic (exact) mass is 218 g/mol. The van der Waals surface area contributed by atoms with Crippen molar-refractivity contribution in [2.24, 2.45) is 0 Å². The number of allylic oxidation sites excluding steroid dienone is 4. The molecule has 0 fully saturated rings.